The van der Waals surface area contributed by atoms with Crippen LogP contribution in [0.5, 0.6) is 0 Å². The van der Waals surface area contributed by atoms with E-state index in [1.165, 1.54) is 30.7 Å². The second-order valence-electron chi connectivity index (χ2n) is 5.90. The lowest BCUT2D eigenvalue weighted by atomic mass is 10.0. The predicted octanol–water partition coefficient (Wildman–Crippen LogP) is 5.02. The van der Waals surface area contributed by atoms with Crippen molar-refractivity contribution in [2.24, 2.45) is 0 Å². The molecule has 0 saturated carbocycles. The average Bonchev–Trinajstić information content (AvgIpc) is 2.62. The molecule has 24 heavy (non-hydrogen) atoms. The Labute approximate surface area is 140 Å². The van der Waals surface area contributed by atoms with Gasteiger partial charge in [-0.15, -0.1) is 0 Å². The molecule has 122 valence electrons. The van der Waals surface area contributed by atoms with E-state index >= 15 is 0 Å². The van der Waals surface area contributed by atoms with Gasteiger partial charge < -0.3 is 4.90 Å². The van der Waals surface area contributed by atoms with Gasteiger partial charge in [-0.3, -0.25) is 0 Å². The third-order valence-corrected chi connectivity index (χ3v) is 4.29. The number of benzene rings is 2. The standard InChI is InChI=1S/C20H18F2N2/c21-19-7-3-2-6-18(19)16(14-23)12-15-8-9-17(13-20(15)22)24-10-4-1-5-11-24/h2-3,6-9,12-13H,1,4-5,10-11H2/b16-12-. The maximum Gasteiger partial charge on any atom is 0.132 e. The third kappa shape index (κ3) is 3.46. The van der Waals surface area contributed by atoms with Crippen molar-refractivity contribution in [3.63, 3.8) is 0 Å². The molecule has 2 aromatic rings. The average molecular weight is 324 g/mol. The van der Waals surface area contributed by atoms with Crippen LogP contribution in [0.1, 0.15) is 30.4 Å². The third-order valence-electron chi connectivity index (χ3n) is 4.29. The molecule has 0 aliphatic carbocycles. The lowest BCUT2D eigenvalue weighted by Gasteiger charge is -2.28. The summed E-state index contributed by atoms with van der Waals surface area (Å²) >= 11 is 0. The first-order chi connectivity index (χ1) is 11.7. The molecule has 0 aromatic heterocycles. The molecule has 0 N–H and O–H groups in total. The number of piperidine rings is 1. The summed E-state index contributed by atoms with van der Waals surface area (Å²) in [6, 6.07) is 13.0. The van der Waals surface area contributed by atoms with Crippen LogP contribution in [-0.2, 0) is 0 Å². The summed E-state index contributed by atoms with van der Waals surface area (Å²) in [5, 5.41) is 9.30. The number of hydrogen-bond acceptors (Lipinski definition) is 2. The van der Waals surface area contributed by atoms with Gasteiger partial charge in [-0.2, -0.15) is 5.26 Å². The van der Waals surface area contributed by atoms with Crippen molar-refractivity contribution in [3.05, 3.63) is 65.2 Å². The van der Waals surface area contributed by atoms with Gasteiger partial charge in [0.15, 0.2) is 0 Å². The van der Waals surface area contributed by atoms with Crippen molar-refractivity contribution in [2.75, 3.05) is 18.0 Å². The Morgan fingerprint density at radius 3 is 2.42 bits per heavy atom. The molecule has 2 nitrogen and oxygen atoms in total. The highest BCUT2D eigenvalue weighted by Gasteiger charge is 2.13. The van der Waals surface area contributed by atoms with Crippen molar-refractivity contribution in [1.29, 1.82) is 5.26 Å². The smallest absolute Gasteiger partial charge is 0.132 e. The van der Waals surface area contributed by atoms with E-state index < -0.39 is 11.6 Å². The van der Waals surface area contributed by atoms with E-state index in [0.29, 0.717) is 0 Å². The van der Waals surface area contributed by atoms with E-state index in [1.54, 1.807) is 18.2 Å². The zero-order valence-corrected chi connectivity index (χ0v) is 13.3. The largest absolute Gasteiger partial charge is 0.371 e. The van der Waals surface area contributed by atoms with Gasteiger partial charge in [0.2, 0.25) is 0 Å². The van der Waals surface area contributed by atoms with Crippen LogP contribution in [0.4, 0.5) is 14.5 Å². The van der Waals surface area contributed by atoms with Crippen LogP contribution in [-0.4, -0.2) is 13.1 Å². The topological polar surface area (TPSA) is 27.0 Å². The molecule has 1 saturated heterocycles. The highest BCUT2D eigenvalue weighted by Crippen LogP contribution is 2.26. The fourth-order valence-corrected chi connectivity index (χ4v) is 2.99. The molecule has 1 aliphatic heterocycles. The molecule has 0 amide bonds. The predicted molar refractivity (Wildman–Crippen MR) is 92.3 cm³/mol. The van der Waals surface area contributed by atoms with Crippen LogP contribution >= 0.6 is 0 Å². The first kappa shape index (κ1) is 16.2. The van der Waals surface area contributed by atoms with Crippen LogP contribution in [0.2, 0.25) is 0 Å². The van der Waals surface area contributed by atoms with Gasteiger partial charge in [0.05, 0.1) is 11.6 Å². The Morgan fingerprint density at radius 1 is 1.00 bits per heavy atom. The van der Waals surface area contributed by atoms with E-state index in [2.05, 4.69) is 4.90 Å². The summed E-state index contributed by atoms with van der Waals surface area (Å²) in [6.07, 6.45) is 4.85. The van der Waals surface area contributed by atoms with Crippen molar-refractivity contribution in [3.8, 4) is 6.07 Å². The van der Waals surface area contributed by atoms with Gasteiger partial charge >= 0.3 is 0 Å². The number of nitriles is 1. The first-order valence-electron chi connectivity index (χ1n) is 8.10. The van der Waals surface area contributed by atoms with Crippen LogP contribution in [0.15, 0.2) is 42.5 Å². The van der Waals surface area contributed by atoms with E-state index in [1.807, 2.05) is 12.1 Å². The molecule has 1 aliphatic rings. The highest BCUT2D eigenvalue weighted by atomic mass is 19.1. The van der Waals surface area contributed by atoms with E-state index in [0.717, 1.165) is 31.6 Å². The minimum absolute atomic E-state index is 0.109. The number of nitrogens with zero attached hydrogens (tertiary/aromatic N) is 2. The van der Waals surface area contributed by atoms with Gasteiger partial charge in [0.1, 0.15) is 11.6 Å². The number of rotatable bonds is 3. The maximum absolute atomic E-state index is 14.4. The van der Waals surface area contributed by atoms with Crippen LogP contribution in [0.25, 0.3) is 11.6 Å². The SMILES string of the molecule is N#C/C(=C/c1ccc(N2CCCCC2)cc1F)c1ccccc1F. The van der Waals surface area contributed by atoms with E-state index in [-0.39, 0.29) is 16.7 Å². The summed E-state index contributed by atoms with van der Waals surface area (Å²) in [4.78, 5) is 2.17. The quantitative estimate of drug-likeness (QED) is 0.585. The summed E-state index contributed by atoms with van der Waals surface area (Å²) in [6.45, 7) is 1.88. The molecule has 1 fully saturated rings. The molecule has 3 rings (SSSR count). The summed E-state index contributed by atoms with van der Waals surface area (Å²) in [7, 11) is 0. The second-order valence-corrected chi connectivity index (χ2v) is 5.90. The van der Waals surface area contributed by atoms with Gasteiger partial charge in [0, 0.05) is 29.9 Å². The molecule has 0 atom stereocenters. The van der Waals surface area contributed by atoms with Crippen LogP contribution < -0.4 is 4.90 Å². The Bertz CT molecular complexity index is 800. The first-order valence-corrected chi connectivity index (χ1v) is 8.10. The molecule has 4 heteroatoms. The van der Waals surface area contributed by atoms with Gasteiger partial charge in [0.25, 0.3) is 0 Å². The molecule has 1 heterocycles. The number of anilines is 1. The van der Waals surface area contributed by atoms with Crippen molar-refractivity contribution in [2.45, 2.75) is 19.3 Å². The van der Waals surface area contributed by atoms with Crippen LogP contribution in [0, 0.1) is 23.0 Å². The Balaban J connectivity index is 1.91. The van der Waals surface area contributed by atoms with Crippen LogP contribution in [0.3, 0.4) is 0 Å². The summed E-state index contributed by atoms with van der Waals surface area (Å²) in [5.74, 6) is -0.891. The Kier molecular flexibility index (Phi) is 4.90. The Hall–Kier alpha value is -2.67. The molecule has 2 aromatic carbocycles. The van der Waals surface area contributed by atoms with Crippen molar-refractivity contribution < 1.29 is 8.78 Å². The zero-order chi connectivity index (χ0) is 16.9. The molecule has 0 spiro atoms. The summed E-state index contributed by atoms with van der Waals surface area (Å²) in [5.41, 5.74) is 1.43. The molecular weight excluding hydrogens is 306 g/mol. The fourth-order valence-electron chi connectivity index (χ4n) is 2.99. The normalized spacial score (nSPS) is 15.2. The molecular formula is C20H18F2N2. The number of halogens is 2. The highest BCUT2D eigenvalue weighted by molar-refractivity contribution is 5.90. The fraction of sp³-hybridized carbons (Fsp3) is 0.250. The zero-order valence-electron chi connectivity index (χ0n) is 13.3. The van der Waals surface area contributed by atoms with Gasteiger partial charge in [-0.1, -0.05) is 18.2 Å². The molecule has 0 bridgehead atoms. The Morgan fingerprint density at radius 2 is 1.75 bits per heavy atom. The van der Waals surface area contributed by atoms with Crippen molar-refractivity contribution >= 4 is 17.3 Å². The second kappa shape index (κ2) is 7.27. The number of allylic oxidation sites excluding steroid dienone is 1. The monoisotopic (exact) mass is 324 g/mol. The minimum Gasteiger partial charge on any atom is -0.371 e. The molecule has 0 radical (unpaired) electrons. The minimum atomic E-state index is -0.490. The summed E-state index contributed by atoms with van der Waals surface area (Å²) < 4.78 is 28.3. The van der Waals surface area contributed by atoms with Gasteiger partial charge in [-0.05, 0) is 49.6 Å². The lowest BCUT2D eigenvalue weighted by molar-refractivity contribution is 0.574. The van der Waals surface area contributed by atoms with Gasteiger partial charge in [-0.25, -0.2) is 8.78 Å². The van der Waals surface area contributed by atoms with E-state index in [9.17, 15) is 14.0 Å². The lowest BCUT2D eigenvalue weighted by Crippen LogP contribution is -2.29. The number of hydrogen-bond donors (Lipinski definition) is 0. The van der Waals surface area contributed by atoms with E-state index in [4.69, 9.17) is 0 Å². The maximum atomic E-state index is 14.4. The molecule has 0 unspecified atom stereocenters. The van der Waals surface area contributed by atoms with Crippen molar-refractivity contribution in [1.82, 2.24) is 0 Å².